The Bertz CT molecular complexity index is 454. The van der Waals surface area contributed by atoms with Crippen LogP contribution in [0.1, 0.15) is 49.3 Å². The quantitative estimate of drug-likeness (QED) is 0.889. The van der Waals surface area contributed by atoms with Crippen molar-refractivity contribution < 1.29 is 8.78 Å². The SMILES string of the molecule is CNCC1CCCN(C2CC2)C1c1ccc(C(F)F)cc1. The fourth-order valence-electron chi connectivity index (χ4n) is 3.70. The number of hydrogen-bond acceptors (Lipinski definition) is 2. The van der Waals surface area contributed by atoms with Gasteiger partial charge in [-0.2, -0.15) is 0 Å². The minimum atomic E-state index is -2.38. The molecule has 4 heteroatoms. The number of likely N-dealkylation sites (tertiary alicyclic amines) is 1. The predicted octanol–water partition coefficient (Wildman–Crippen LogP) is 3.76. The second-order valence-corrected chi connectivity index (χ2v) is 6.34. The monoisotopic (exact) mass is 294 g/mol. The Balaban J connectivity index is 1.85. The minimum Gasteiger partial charge on any atom is -0.319 e. The molecule has 0 spiro atoms. The maximum Gasteiger partial charge on any atom is 0.263 e. The third kappa shape index (κ3) is 3.27. The highest BCUT2D eigenvalue weighted by Gasteiger charge is 2.40. The van der Waals surface area contributed by atoms with Gasteiger partial charge in [0, 0.05) is 17.6 Å². The summed E-state index contributed by atoms with van der Waals surface area (Å²) in [6, 6.07) is 8.10. The molecule has 0 amide bonds. The first kappa shape index (κ1) is 14.9. The van der Waals surface area contributed by atoms with E-state index in [1.54, 1.807) is 12.1 Å². The van der Waals surface area contributed by atoms with Gasteiger partial charge in [-0.15, -0.1) is 0 Å². The van der Waals surface area contributed by atoms with Crippen LogP contribution in [0.5, 0.6) is 0 Å². The van der Waals surface area contributed by atoms with Crippen molar-refractivity contribution in [1.29, 1.82) is 0 Å². The summed E-state index contributed by atoms with van der Waals surface area (Å²) in [5, 5.41) is 3.30. The molecule has 2 nitrogen and oxygen atoms in total. The van der Waals surface area contributed by atoms with E-state index in [-0.39, 0.29) is 5.56 Å². The van der Waals surface area contributed by atoms with Crippen molar-refractivity contribution in [3.63, 3.8) is 0 Å². The number of nitrogens with zero attached hydrogens (tertiary/aromatic N) is 1. The van der Waals surface area contributed by atoms with Crippen molar-refractivity contribution in [3.05, 3.63) is 35.4 Å². The molecular formula is C17H24F2N2. The summed E-state index contributed by atoms with van der Waals surface area (Å²) in [5.74, 6) is 0.571. The zero-order chi connectivity index (χ0) is 14.8. The zero-order valence-electron chi connectivity index (χ0n) is 12.6. The second kappa shape index (κ2) is 6.41. The molecular weight excluding hydrogens is 270 g/mol. The smallest absolute Gasteiger partial charge is 0.263 e. The highest BCUT2D eigenvalue weighted by molar-refractivity contribution is 5.27. The molecule has 2 fully saturated rings. The molecule has 0 radical (unpaired) electrons. The molecule has 2 unspecified atom stereocenters. The van der Waals surface area contributed by atoms with Crippen LogP contribution in [0.15, 0.2) is 24.3 Å². The third-order valence-electron chi connectivity index (χ3n) is 4.81. The second-order valence-electron chi connectivity index (χ2n) is 6.34. The zero-order valence-corrected chi connectivity index (χ0v) is 12.6. The summed E-state index contributed by atoms with van der Waals surface area (Å²) < 4.78 is 25.5. The van der Waals surface area contributed by atoms with Gasteiger partial charge >= 0.3 is 0 Å². The van der Waals surface area contributed by atoms with Crippen molar-refractivity contribution in [3.8, 4) is 0 Å². The van der Waals surface area contributed by atoms with Crippen LogP contribution >= 0.6 is 0 Å². The minimum absolute atomic E-state index is 0.123. The van der Waals surface area contributed by atoms with Crippen molar-refractivity contribution >= 4 is 0 Å². The molecule has 2 aliphatic rings. The van der Waals surface area contributed by atoms with Gasteiger partial charge in [0.05, 0.1) is 0 Å². The van der Waals surface area contributed by atoms with Crippen LogP contribution < -0.4 is 5.32 Å². The standard InChI is InChI=1S/C17H24F2N2/c1-20-11-14-3-2-10-21(15-8-9-15)16(14)12-4-6-13(7-5-12)17(18)19/h4-7,14-17,20H,2-3,8-11H2,1H3. The van der Waals surface area contributed by atoms with Gasteiger partial charge in [-0.1, -0.05) is 24.3 Å². The number of halogens is 2. The summed E-state index contributed by atoms with van der Waals surface area (Å²) in [4.78, 5) is 2.61. The van der Waals surface area contributed by atoms with Crippen molar-refractivity contribution in [2.45, 2.75) is 44.2 Å². The summed E-state index contributed by atoms with van der Waals surface area (Å²) in [6.45, 7) is 2.14. The Hall–Kier alpha value is -1.00. The molecule has 1 aromatic carbocycles. The first-order valence-corrected chi connectivity index (χ1v) is 7.99. The lowest BCUT2D eigenvalue weighted by atomic mass is 9.84. The number of nitrogens with one attached hydrogen (secondary N) is 1. The van der Waals surface area contributed by atoms with Crippen LogP contribution in [-0.2, 0) is 0 Å². The molecule has 1 heterocycles. The van der Waals surface area contributed by atoms with Gasteiger partial charge in [0.25, 0.3) is 6.43 Å². The lowest BCUT2D eigenvalue weighted by molar-refractivity contribution is 0.0844. The molecule has 1 saturated heterocycles. The number of piperidine rings is 1. The lowest BCUT2D eigenvalue weighted by Gasteiger charge is -2.42. The third-order valence-corrected chi connectivity index (χ3v) is 4.81. The van der Waals surface area contributed by atoms with E-state index in [9.17, 15) is 8.78 Å². The van der Waals surface area contributed by atoms with Crippen LogP contribution in [0.25, 0.3) is 0 Å². The van der Waals surface area contributed by atoms with Crippen molar-refractivity contribution in [1.82, 2.24) is 10.2 Å². The Morgan fingerprint density at radius 2 is 1.90 bits per heavy atom. The van der Waals surface area contributed by atoms with Crippen LogP contribution in [0.4, 0.5) is 8.78 Å². The maximum atomic E-state index is 12.7. The summed E-state index contributed by atoms with van der Waals surface area (Å²) >= 11 is 0. The number of benzene rings is 1. The maximum absolute atomic E-state index is 12.7. The lowest BCUT2D eigenvalue weighted by Crippen LogP contribution is -2.43. The van der Waals surface area contributed by atoms with E-state index < -0.39 is 6.43 Å². The molecule has 1 aliphatic carbocycles. The van der Waals surface area contributed by atoms with Gasteiger partial charge in [-0.3, -0.25) is 4.90 Å². The number of rotatable bonds is 5. The fourth-order valence-corrected chi connectivity index (χ4v) is 3.70. The van der Waals surface area contributed by atoms with E-state index in [4.69, 9.17) is 0 Å². The van der Waals surface area contributed by atoms with Gasteiger partial charge < -0.3 is 5.32 Å². The number of alkyl halides is 2. The molecule has 1 saturated carbocycles. The first-order chi connectivity index (χ1) is 10.2. The predicted molar refractivity (Wildman–Crippen MR) is 80.5 cm³/mol. The van der Waals surface area contributed by atoms with Gasteiger partial charge in [0.2, 0.25) is 0 Å². The van der Waals surface area contributed by atoms with Crippen molar-refractivity contribution in [2.75, 3.05) is 20.1 Å². The van der Waals surface area contributed by atoms with E-state index >= 15 is 0 Å². The summed E-state index contributed by atoms with van der Waals surface area (Å²) in [5.41, 5.74) is 1.32. The Morgan fingerprint density at radius 1 is 1.19 bits per heavy atom. The van der Waals surface area contributed by atoms with Crippen LogP contribution in [0.2, 0.25) is 0 Å². The molecule has 1 aliphatic heterocycles. The van der Waals surface area contributed by atoms with Crippen molar-refractivity contribution in [2.24, 2.45) is 5.92 Å². The van der Waals surface area contributed by atoms with Crippen LogP contribution in [-0.4, -0.2) is 31.1 Å². The van der Waals surface area contributed by atoms with Crippen LogP contribution in [0.3, 0.4) is 0 Å². The van der Waals surface area contributed by atoms with Gasteiger partial charge in [-0.05, 0) is 57.3 Å². The van der Waals surface area contributed by atoms with E-state index in [1.807, 2.05) is 19.2 Å². The Labute approximate surface area is 125 Å². The molecule has 21 heavy (non-hydrogen) atoms. The molecule has 1 aromatic rings. The van der Waals surface area contributed by atoms with E-state index in [2.05, 4.69) is 10.2 Å². The highest BCUT2D eigenvalue weighted by atomic mass is 19.3. The average molecular weight is 294 g/mol. The molecule has 0 bridgehead atoms. The van der Waals surface area contributed by atoms with Gasteiger partial charge in [0.15, 0.2) is 0 Å². The summed E-state index contributed by atoms with van der Waals surface area (Å²) in [6.07, 6.45) is 2.66. The average Bonchev–Trinajstić information content (AvgIpc) is 3.32. The Morgan fingerprint density at radius 3 is 2.48 bits per heavy atom. The van der Waals surface area contributed by atoms with E-state index in [0.29, 0.717) is 18.0 Å². The number of hydrogen-bond donors (Lipinski definition) is 1. The molecule has 3 rings (SSSR count). The molecule has 2 atom stereocenters. The normalized spacial score (nSPS) is 27.2. The first-order valence-electron chi connectivity index (χ1n) is 7.99. The highest BCUT2D eigenvalue weighted by Crippen LogP contribution is 2.42. The van der Waals surface area contributed by atoms with E-state index in [0.717, 1.165) is 13.1 Å². The van der Waals surface area contributed by atoms with Crippen LogP contribution in [0, 0.1) is 5.92 Å². The topological polar surface area (TPSA) is 15.3 Å². The fraction of sp³-hybridized carbons (Fsp3) is 0.647. The molecule has 1 N–H and O–H groups in total. The molecule has 0 aromatic heterocycles. The van der Waals surface area contributed by atoms with E-state index in [1.165, 1.54) is 31.2 Å². The summed E-state index contributed by atoms with van der Waals surface area (Å²) in [7, 11) is 1.99. The Kier molecular flexibility index (Phi) is 4.55. The van der Waals surface area contributed by atoms with Gasteiger partial charge in [0.1, 0.15) is 0 Å². The largest absolute Gasteiger partial charge is 0.319 e. The van der Waals surface area contributed by atoms with Gasteiger partial charge in [-0.25, -0.2) is 8.78 Å². The molecule has 116 valence electrons.